The van der Waals surface area contributed by atoms with Gasteiger partial charge in [0.05, 0.1) is 0 Å². The van der Waals surface area contributed by atoms with Gasteiger partial charge in [-0.3, -0.25) is 24.0 Å². The second-order valence-electron chi connectivity index (χ2n) is 5.90. The summed E-state index contributed by atoms with van der Waals surface area (Å²) in [6.45, 7) is 4.17. The lowest BCUT2D eigenvalue weighted by Crippen LogP contribution is -2.67. The molecule has 1 fully saturated rings. The summed E-state index contributed by atoms with van der Waals surface area (Å²) in [4.78, 5) is 57.8. The summed E-state index contributed by atoms with van der Waals surface area (Å²) in [5.74, 6) is -3.29. The average molecular weight is 421 g/mol. The van der Waals surface area contributed by atoms with E-state index in [0.717, 1.165) is 20.8 Å². The van der Waals surface area contributed by atoms with E-state index in [2.05, 4.69) is 14.6 Å². The Morgan fingerprint density at radius 2 is 1.39 bits per heavy atom. The quantitative estimate of drug-likeness (QED) is 0.311. The molecule has 0 aromatic rings. The van der Waals surface area contributed by atoms with Crippen LogP contribution in [0, 0.1) is 0 Å². The van der Waals surface area contributed by atoms with Crippen molar-refractivity contribution in [1.82, 2.24) is 5.32 Å². The van der Waals surface area contributed by atoms with Gasteiger partial charge in [0, 0.05) is 33.9 Å². The molecule has 0 aromatic carbocycles. The zero-order valence-corrected chi connectivity index (χ0v) is 17.1. The fraction of sp³-hybridized carbons (Fsp3) is 0.688. The average Bonchev–Trinajstić information content (AvgIpc) is 2.56. The third-order valence-electron chi connectivity index (χ3n) is 3.50. The van der Waals surface area contributed by atoms with Gasteiger partial charge in [0.2, 0.25) is 12.2 Å². The topological polar surface area (TPSA) is 144 Å². The number of rotatable bonds is 7. The minimum atomic E-state index is -1.38. The number of hydrogen-bond acceptors (Lipinski definition) is 10. The minimum Gasteiger partial charge on any atom is -0.463 e. The van der Waals surface area contributed by atoms with Crippen LogP contribution in [0.15, 0.2) is 0 Å². The van der Waals surface area contributed by atoms with Crippen LogP contribution in [0.2, 0.25) is 0 Å². The SMILES string of the molecule is CC(=O)OCC1O[C@@H](OC(C)=O)C(NC(=O)CP)[C@@H](OC(C)=O)[C@@H]1OC(C)=O. The molecule has 1 N–H and O–H groups in total. The van der Waals surface area contributed by atoms with Crippen LogP contribution in [0.25, 0.3) is 0 Å². The van der Waals surface area contributed by atoms with Crippen LogP contribution in [0.4, 0.5) is 0 Å². The van der Waals surface area contributed by atoms with Crippen molar-refractivity contribution in [3.8, 4) is 0 Å². The zero-order valence-electron chi connectivity index (χ0n) is 16.0. The maximum atomic E-state index is 11.9. The lowest BCUT2D eigenvalue weighted by molar-refractivity contribution is -0.270. The van der Waals surface area contributed by atoms with Crippen molar-refractivity contribution in [3.05, 3.63) is 0 Å². The molecule has 28 heavy (non-hydrogen) atoms. The van der Waals surface area contributed by atoms with E-state index in [1.807, 2.05) is 0 Å². The molecule has 0 saturated carbocycles. The fourth-order valence-corrected chi connectivity index (χ4v) is 2.68. The van der Waals surface area contributed by atoms with Crippen LogP contribution in [0.3, 0.4) is 0 Å². The van der Waals surface area contributed by atoms with Crippen molar-refractivity contribution in [1.29, 1.82) is 0 Å². The zero-order chi connectivity index (χ0) is 21.4. The Kier molecular flexibility index (Phi) is 9.27. The molecule has 6 atom stereocenters. The highest BCUT2D eigenvalue weighted by Gasteiger charge is 2.52. The van der Waals surface area contributed by atoms with Gasteiger partial charge < -0.3 is 29.0 Å². The normalized spacial score (nSPS) is 26.5. The summed E-state index contributed by atoms with van der Waals surface area (Å²) in [5, 5.41) is 2.53. The van der Waals surface area contributed by atoms with Crippen LogP contribution >= 0.6 is 9.24 Å². The molecule has 1 aliphatic heterocycles. The van der Waals surface area contributed by atoms with Crippen LogP contribution < -0.4 is 5.32 Å². The second kappa shape index (κ2) is 10.9. The molecule has 1 amide bonds. The smallest absolute Gasteiger partial charge is 0.305 e. The number of carbonyl (C=O) groups excluding carboxylic acids is 5. The molecule has 0 aliphatic carbocycles. The van der Waals surface area contributed by atoms with Gasteiger partial charge in [-0.2, -0.15) is 0 Å². The molecule has 0 radical (unpaired) electrons. The first kappa shape index (κ1) is 23.8. The summed E-state index contributed by atoms with van der Waals surface area (Å²) in [7, 11) is 2.21. The molecular formula is C16H24NO10P. The maximum absolute atomic E-state index is 11.9. The van der Waals surface area contributed by atoms with Crippen LogP contribution in [-0.4, -0.2) is 73.2 Å². The Morgan fingerprint density at radius 3 is 1.86 bits per heavy atom. The Hall–Kier alpha value is -2.26. The van der Waals surface area contributed by atoms with E-state index in [9.17, 15) is 24.0 Å². The lowest BCUT2D eigenvalue weighted by Gasteiger charge is -2.44. The van der Waals surface area contributed by atoms with Gasteiger partial charge in [-0.05, 0) is 0 Å². The van der Waals surface area contributed by atoms with Crippen molar-refractivity contribution >= 4 is 39.0 Å². The third kappa shape index (κ3) is 7.40. The largest absolute Gasteiger partial charge is 0.463 e. The Bertz CT molecular complexity index is 625. The van der Waals surface area contributed by atoms with Gasteiger partial charge in [-0.15, -0.1) is 9.24 Å². The monoisotopic (exact) mass is 421 g/mol. The predicted octanol–water partition coefficient (Wildman–Crippen LogP) is -0.939. The minimum absolute atomic E-state index is 0.00515. The number of ether oxygens (including phenoxy) is 5. The molecule has 1 rings (SSSR count). The standard InChI is InChI=1S/C16H24NO10P/c1-7(18)23-5-11-14(24-8(2)19)15(25-9(3)20)13(17-12(22)6-28)16(27-11)26-10(4)21/h11,13-16H,5-6,28H2,1-4H3,(H,17,22)/t11?,13?,14-,15-,16-/m1/s1. The van der Waals surface area contributed by atoms with Crippen LogP contribution in [-0.2, 0) is 47.7 Å². The van der Waals surface area contributed by atoms with Gasteiger partial charge in [0.25, 0.3) is 0 Å². The van der Waals surface area contributed by atoms with Crippen LogP contribution in [0.1, 0.15) is 27.7 Å². The highest BCUT2D eigenvalue weighted by molar-refractivity contribution is 7.18. The Morgan fingerprint density at radius 1 is 0.857 bits per heavy atom. The molecule has 1 heterocycles. The molecule has 0 aromatic heterocycles. The number of amides is 1. The first-order valence-corrected chi connectivity index (χ1v) is 9.16. The molecule has 1 aliphatic rings. The maximum Gasteiger partial charge on any atom is 0.305 e. The van der Waals surface area contributed by atoms with E-state index in [1.54, 1.807) is 0 Å². The summed E-state index contributed by atoms with van der Waals surface area (Å²) >= 11 is 0. The van der Waals surface area contributed by atoms with E-state index in [1.165, 1.54) is 6.92 Å². The number of esters is 4. The predicted molar refractivity (Wildman–Crippen MR) is 94.7 cm³/mol. The number of nitrogens with one attached hydrogen (secondary N) is 1. The van der Waals surface area contributed by atoms with Gasteiger partial charge >= 0.3 is 23.9 Å². The molecule has 1 saturated heterocycles. The van der Waals surface area contributed by atoms with E-state index in [4.69, 9.17) is 23.7 Å². The van der Waals surface area contributed by atoms with E-state index in [0.29, 0.717) is 0 Å². The van der Waals surface area contributed by atoms with E-state index >= 15 is 0 Å². The highest BCUT2D eigenvalue weighted by Crippen LogP contribution is 2.28. The lowest BCUT2D eigenvalue weighted by atomic mass is 9.96. The molecule has 11 nitrogen and oxygen atoms in total. The van der Waals surface area contributed by atoms with E-state index in [-0.39, 0.29) is 12.8 Å². The summed E-state index contributed by atoms with van der Waals surface area (Å²) in [6, 6.07) is -1.17. The first-order valence-electron chi connectivity index (χ1n) is 8.35. The second-order valence-corrected chi connectivity index (χ2v) is 6.31. The van der Waals surface area contributed by atoms with Gasteiger partial charge in [-0.25, -0.2) is 0 Å². The Balaban J connectivity index is 3.31. The first-order chi connectivity index (χ1) is 13.0. The Labute approximate surface area is 163 Å². The fourth-order valence-electron chi connectivity index (χ4n) is 2.56. The number of carbonyl (C=O) groups is 5. The van der Waals surface area contributed by atoms with Crippen molar-refractivity contribution in [2.24, 2.45) is 0 Å². The summed E-state index contributed by atoms with van der Waals surface area (Å²) in [5.41, 5.74) is 0. The van der Waals surface area contributed by atoms with E-state index < -0.39 is 60.4 Å². The van der Waals surface area contributed by atoms with Gasteiger partial charge in [0.15, 0.2) is 12.2 Å². The molecule has 12 heteroatoms. The van der Waals surface area contributed by atoms with Crippen LogP contribution in [0.5, 0.6) is 0 Å². The third-order valence-corrected chi connectivity index (χ3v) is 3.87. The van der Waals surface area contributed by atoms with Crippen molar-refractivity contribution in [3.63, 3.8) is 0 Å². The summed E-state index contributed by atoms with van der Waals surface area (Å²) < 4.78 is 26.1. The van der Waals surface area contributed by atoms with Gasteiger partial charge in [0.1, 0.15) is 18.8 Å². The van der Waals surface area contributed by atoms with Crippen molar-refractivity contribution in [2.75, 3.05) is 12.8 Å². The molecular weight excluding hydrogens is 397 g/mol. The van der Waals surface area contributed by atoms with Crippen molar-refractivity contribution < 1.29 is 47.7 Å². The van der Waals surface area contributed by atoms with Gasteiger partial charge in [-0.1, -0.05) is 0 Å². The van der Waals surface area contributed by atoms with Crippen molar-refractivity contribution in [2.45, 2.75) is 58.3 Å². The molecule has 158 valence electrons. The molecule has 0 spiro atoms. The number of hydrogen-bond donors (Lipinski definition) is 1. The highest BCUT2D eigenvalue weighted by atomic mass is 31.0. The summed E-state index contributed by atoms with van der Waals surface area (Å²) in [6.07, 6.45) is -4.99. The molecule has 0 bridgehead atoms. The molecule has 3 unspecified atom stereocenters.